The van der Waals surface area contributed by atoms with Crippen LogP contribution in [0.4, 0.5) is 45.5 Å². The Kier molecular flexibility index (Phi) is 19.3. The van der Waals surface area contributed by atoms with Crippen LogP contribution in [0.5, 0.6) is 34.6 Å². The molecule has 0 saturated heterocycles. The molecule has 442 valence electrons. The van der Waals surface area contributed by atoms with E-state index >= 15 is 0 Å². The van der Waals surface area contributed by atoms with Gasteiger partial charge < -0.3 is 59.8 Å². The highest BCUT2D eigenvalue weighted by atomic mass is 32.2. The molecular formula is C48H44N10O23S3. The van der Waals surface area contributed by atoms with E-state index in [4.69, 9.17) is 18.9 Å². The number of hydrogen-bond acceptors (Lipinski definition) is 27. The number of aromatic carboxylic acids is 2. The van der Waals surface area contributed by atoms with E-state index in [9.17, 15) is 89.4 Å². The predicted octanol–water partition coefficient (Wildman–Crippen LogP) is 7.03. The van der Waals surface area contributed by atoms with Gasteiger partial charge in [0.1, 0.15) is 99.0 Å². The summed E-state index contributed by atoms with van der Waals surface area (Å²) in [7, 11) is -15.1. The van der Waals surface area contributed by atoms with E-state index in [2.05, 4.69) is 46.0 Å². The number of nitrogens with zero attached hydrogens (tertiary/aromatic N) is 10. The Morgan fingerprint density at radius 2 is 0.952 bits per heavy atom. The second kappa shape index (κ2) is 26.2. The molecule has 0 fully saturated rings. The van der Waals surface area contributed by atoms with E-state index in [1.165, 1.54) is 30.3 Å². The van der Waals surface area contributed by atoms with Crippen LogP contribution in [0.15, 0.2) is 141 Å². The standard InChI is InChI=1S/C48H44N10O23S3/c1-24-5-7-30(40(17-24)83(72,73)74)50-52-32-21-39(81-16-12-62)34(23-37(32)79-14-10-60)54-56-43-44(48(67)68)57-58(46(43)64)35-4-2-3-26-27(35)19-41(84(75,76)77)42(45(26)63)55-53-33-22-36(78-13-9-59)31(20-38(33)80-15-11-61)51-49-29-8-6-25(82(69,70)71)18-28(29)47(65)66/h2-8,17-23,59-64H,9-16H2,1H3,(H,65,66)(H,67,68)(H,69,70,71)(H,72,73,74)(H,75,76,77). The van der Waals surface area contributed by atoms with Crippen molar-refractivity contribution >= 4 is 98.6 Å². The van der Waals surface area contributed by atoms with Gasteiger partial charge in [-0.1, -0.05) is 18.2 Å². The minimum atomic E-state index is -5.44. The van der Waals surface area contributed by atoms with Crippen LogP contribution in [-0.2, 0) is 30.4 Å². The highest BCUT2D eigenvalue weighted by Gasteiger charge is 2.29. The number of carbonyl (C=O) groups is 2. The Labute approximate surface area is 472 Å². The number of aliphatic hydroxyl groups is 4. The maximum atomic E-state index is 13.1. The van der Waals surface area contributed by atoms with Crippen molar-refractivity contribution in [2.45, 2.75) is 21.6 Å². The van der Waals surface area contributed by atoms with Gasteiger partial charge in [0.05, 0.1) is 42.6 Å². The summed E-state index contributed by atoms with van der Waals surface area (Å²) in [5.41, 5.74) is -5.20. The molecule has 0 unspecified atom stereocenters. The number of carboxylic acid groups (broad SMARTS) is 2. The predicted molar refractivity (Wildman–Crippen MR) is 285 cm³/mol. The Hall–Kier alpha value is -9.50. The van der Waals surface area contributed by atoms with Gasteiger partial charge in [0.2, 0.25) is 11.6 Å². The van der Waals surface area contributed by atoms with Crippen molar-refractivity contribution in [2.75, 3.05) is 52.9 Å². The average Bonchev–Trinajstić information content (AvgIpc) is 2.18. The van der Waals surface area contributed by atoms with Gasteiger partial charge >= 0.3 is 11.9 Å². The van der Waals surface area contributed by atoms with Crippen LogP contribution in [-0.4, -0.2) is 154 Å². The van der Waals surface area contributed by atoms with Gasteiger partial charge in [0.25, 0.3) is 30.4 Å². The monoisotopic (exact) mass is 1220 g/mol. The van der Waals surface area contributed by atoms with Crippen LogP contribution in [0, 0.1) is 6.92 Å². The fourth-order valence-electron chi connectivity index (χ4n) is 7.38. The number of aryl methyl sites for hydroxylation is 1. The van der Waals surface area contributed by atoms with E-state index in [0.717, 1.165) is 48.5 Å². The van der Waals surface area contributed by atoms with Crippen molar-refractivity contribution in [3.05, 3.63) is 102 Å². The van der Waals surface area contributed by atoms with Crippen molar-refractivity contribution in [3.63, 3.8) is 0 Å². The van der Waals surface area contributed by atoms with E-state index in [0.29, 0.717) is 16.3 Å². The van der Waals surface area contributed by atoms with E-state index in [1.807, 2.05) is 0 Å². The molecule has 0 radical (unpaired) electrons. The molecule has 0 saturated carbocycles. The minimum Gasteiger partial charge on any atom is -0.505 e. The molecule has 1 heterocycles. The lowest BCUT2D eigenvalue weighted by molar-refractivity contribution is 0.0682. The number of aromatic hydroxyl groups is 2. The van der Waals surface area contributed by atoms with Gasteiger partial charge in [-0.25, -0.2) is 9.59 Å². The topological polar surface area (TPSA) is 513 Å². The van der Waals surface area contributed by atoms with Crippen molar-refractivity contribution in [2.24, 2.45) is 40.9 Å². The smallest absolute Gasteiger partial charge is 0.358 e. The summed E-state index contributed by atoms with van der Waals surface area (Å²) in [4.78, 5) is 22.2. The van der Waals surface area contributed by atoms with Crippen LogP contribution < -0.4 is 18.9 Å². The molecule has 6 aromatic carbocycles. The van der Waals surface area contributed by atoms with Gasteiger partial charge in [-0.2, -0.15) is 35.0 Å². The first-order valence-electron chi connectivity index (χ1n) is 23.5. The molecule has 33 nitrogen and oxygen atoms in total. The Morgan fingerprint density at radius 3 is 1.40 bits per heavy atom. The molecule has 0 aliphatic rings. The van der Waals surface area contributed by atoms with Crippen molar-refractivity contribution in [3.8, 4) is 40.3 Å². The molecule has 7 aromatic rings. The highest BCUT2D eigenvalue weighted by molar-refractivity contribution is 7.86. The number of benzene rings is 6. The molecule has 36 heteroatoms. The molecular weight excluding hydrogens is 1180 g/mol. The third-order valence-corrected chi connectivity index (χ3v) is 13.6. The second-order valence-corrected chi connectivity index (χ2v) is 20.9. The number of phenols is 1. The summed E-state index contributed by atoms with van der Waals surface area (Å²) in [6.07, 6.45) is 0. The number of hydrogen-bond donors (Lipinski definition) is 11. The van der Waals surface area contributed by atoms with Crippen LogP contribution in [0.25, 0.3) is 16.5 Å². The second-order valence-electron chi connectivity index (χ2n) is 16.7. The summed E-state index contributed by atoms with van der Waals surface area (Å²) < 4.78 is 127. The summed E-state index contributed by atoms with van der Waals surface area (Å²) in [5.74, 6) is -6.59. The molecule has 0 spiro atoms. The van der Waals surface area contributed by atoms with E-state index in [-0.39, 0.29) is 81.1 Å². The number of aliphatic hydroxyl groups excluding tert-OH is 4. The van der Waals surface area contributed by atoms with Crippen molar-refractivity contribution < 1.29 is 108 Å². The molecule has 7 rings (SSSR count). The first-order chi connectivity index (χ1) is 39.8. The normalized spacial score (nSPS) is 12.3. The van der Waals surface area contributed by atoms with Crippen molar-refractivity contribution in [1.29, 1.82) is 0 Å². The van der Waals surface area contributed by atoms with E-state index in [1.54, 1.807) is 6.92 Å². The van der Waals surface area contributed by atoms with Crippen LogP contribution in [0.2, 0.25) is 0 Å². The van der Waals surface area contributed by atoms with E-state index < -0.39 is 137 Å². The third-order valence-electron chi connectivity index (χ3n) is 11.0. The third kappa shape index (κ3) is 14.4. The molecule has 0 aliphatic carbocycles. The molecule has 0 bridgehead atoms. The van der Waals surface area contributed by atoms with Gasteiger partial charge in [-0.05, 0) is 55.0 Å². The number of aromatic nitrogens is 2. The van der Waals surface area contributed by atoms with Crippen LogP contribution in [0.3, 0.4) is 0 Å². The summed E-state index contributed by atoms with van der Waals surface area (Å²) in [6, 6.07) is 15.0. The number of phenolic OH excluding ortho intramolecular Hbond substituents is 1. The fraction of sp³-hybridized carbons (Fsp3) is 0.188. The zero-order valence-electron chi connectivity index (χ0n) is 42.8. The largest absolute Gasteiger partial charge is 0.505 e. The van der Waals surface area contributed by atoms with Gasteiger partial charge in [0.15, 0.2) is 11.4 Å². The van der Waals surface area contributed by atoms with Crippen molar-refractivity contribution in [1.82, 2.24) is 9.78 Å². The quantitative estimate of drug-likeness (QED) is 0.0191. The lowest BCUT2D eigenvalue weighted by Gasteiger charge is -2.14. The Balaban J connectivity index is 1.32. The first kappa shape index (κ1) is 62.1. The number of rotatable bonds is 26. The lowest BCUT2D eigenvalue weighted by atomic mass is 10.1. The summed E-state index contributed by atoms with van der Waals surface area (Å²) in [6.45, 7) is -2.33. The number of ether oxygens (including phenoxy) is 4. The highest BCUT2D eigenvalue weighted by Crippen LogP contribution is 2.48. The van der Waals surface area contributed by atoms with Crippen LogP contribution in [0.1, 0.15) is 26.4 Å². The van der Waals surface area contributed by atoms with Gasteiger partial charge in [-0.3, -0.25) is 13.7 Å². The first-order valence-corrected chi connectivity index (χ1v) is 27.8. The summed E-state index contributed by atoms with van der Waals surface area (Å²) >= 11 is 0. The van der Waals surface area contributed by atoms with Crippen LogP contribution >= 0.6 is 0 Å². The van der Waals surface area contributed by atoms with Gasteiger partial charge in [-0.15, -0.1) is 40.9 Å². The zero-order valence-corrected chi connectivity index (χ0v) is 45.2. The van der Waals surface area contributed by atoms with Gasteiger partial charge in [0, 0.05) is 35.0 Å². The molecule has 0 amide bonds. The molecule has 0 atom stereocenters. The summed E-state index contributed by atoms with van der Waals surface area (Å²) in [5, 5.41) is 117. The zero-order chi connectivity index (χ0) is 61.3. The minimum absolute atomic E-state index is 0.190. The number of fused-ring (bicyclic) bond motifs is 1. The maximum absolute atomic E-state index is 13.1. The molecule has 0 aliphatic heterocycles. The maximum Gasteiger partial charge on any atom is 0.358 e. The number of carboxylic acids is 2. The Morgan fingerprint density at radius 1 is 0.500 bits per heavy atom. The SMILES string of the molecule is Cc1ccc(N=Nc2cc(OCCO)c(N=Nc3c(C(=O)O)nn(-c4cccc5c(O)c(N=Nc6cc(OCCO)c(N=Nc7ccc(S(=O)(=O)O)cc7C(=O)O)cc6OCCO)c(S(=O)(=O)O)cc45)c3O)cc2OCCO)c(S(=O)(=O)O)c1. The lowest BCUT2D eigenvalue weighted by Crippen LogP contribution is -2.04. The molecule has 84 heavy (non-hydrogen) atoms. The Bertz CT molecular complexity index is 4190. The fourth-order valence-corrected chi connectivity index (χ4v) is 9.24. The molecule has 11 N–H and O–H groups in total. The molecule has 1 aromatic heterocycles. The number of azo groups is 4. The average molecular weight is 1230 g/mol.